The average Bonchev–Trinajstić information content (AvgIpc) is 0.862. The van der Waals surface area contributed by atoms with E-state index in [0.717, 1.165) is 77.0 Å². The van der Waals surface area contributed by atoms with Crippen molar-refractivity contribution in [3.8, 4) is 34.5 Å². The predicted octanol–water partition coefficient (Wildman–Crippen LogP) is 27.6. The molecule has 6 rings (SSSR count). The van der Waals surface area contributed by atoms with Crippen molar-refractivity contribution >= 4 is 23.5 Å². The van der Waals surface area contributed by atoms with Crippen LogP contribution in [0.25, 0.3) is 0 Å². The Balaban J connectivity index is 0.000000411. The molecule has 0 aromatic heterocycles. The first-order valence-electron chi connectivity index (χ1n) is 41.7. The Labute approximate surface area is 654 Å². The zero-order chi connectivity index (χ0) is 75.6. The van der Waals surface area contributed by atoms with E-state index in [-0.39, 0.29) is 51.3 Å². The van der Waals surface area contributed by atoms with Gasteiger partial charge in [-0.2, -0.15) is 0 Å². The summed E-state index contributed by atoms with van der Waals surface area (Å²) in [6, 6.07) is 43.7. The molecular weight excluding hydrogens is 1420 g/mol. The van der Waals surface area contributed by atoms with Gasteiger partial charge in [0.05, 0.1) is 0 Å². The van der Waals surface area contributed by atoms with Crippen molar-refractivity contribution in [1.29, 1.82) is 0 Å². The zero-order valence-electron chi connectivity index (χ0n) is 66.4. The van der Waals surface area contributed by atoms with Gasteiger partial charge in [0.2, 0.25) is 0 Å². The number of hydrogen-bond donors (Lipinski definition) is 0. The molecule has 6 aromatic carbocycles. The minimum absolute atomic E-state index is 0. The molecule has 0 aliphatic heterocycles. The van der Waals surface area contributed by atoms with Crippen LogP contribution >= 0.6 is 23.5 Å². The third kappa shape index (κ3) is 49.4. The normalized spacial score (nSPS) is 11.4. The molecule has 0 fully saturated rings. The summed E-state index contributed by atoms with van der Waals surface area (Å²) < 4.78 is 68.1. The Hall–Kier alpha value is -4.80. The van der Waals surface area contributed by atoms with Crippen LogP contribution in [0.5, 0.6) is 34.5 Å². The molecule has 6 aromatic rings. The van der Waals surface area contributed by atoms with Crippen molar-refractivity contribution in [2.24, 2.45) is 0 Å². The van der Waals surface area contributed by atoms with Crippen LogP contribution in [-0.4, -0.2) is 0 Å². The number of phosphoric ester groups is 3. The van der Waals surface area contributed by atoms with E-state index in [9.17, 15) is 28.4 Å². The first-order chi connectivity index (χ1) is 51.1. The van der Waals surface area contributed by atoms with E-state index in [1.165, 1.54) is 265 Å². The second-order valence-electron chi connectivity index (χ2n) is 29.0. The third-order valence-corrected chi connectivity index (χ3v) is 21.9. The van der Waals surface area contributed by atoms with Gasteiger partial charge < -0.3 is 41.8 Å². The van der Waals surface area contributed by atoms with Crippen molar-refractivity contribution in [2.45, 2.75) is 350 Å². The van der Waals surface area contributed by atoms with Crippen LogP contribution in [0, 0.1) is 0 Å². The minimum Gasteiger partial charge on any atom is -0.736 e. The van der Waals surface area contributed by atoms with Crippen LogP contribution < -0.4 is 41.8 Å². The molecule has 0 spiro atoms. The van der Waals surface area contributed by atoms with Crippen LogP contribution in [0.15, 0.2) is 146 Å². The number of unbranched alkanes of at least 4 members (excludes halogenated alkanes) is 36. The molecule has 0 heterocycles. The van der Waals surface area contributed by atoms with Gasteiger partial charge in [-0.05, 0) is 183 Å². The molecule has 0 N–H and O–H groups in total. The summed E-state index contributed by atoms with van der Waals surface area (Å²) >= 11 is 0. The molecule has 0 unspecified atom stereocenters. The Morgan fingerprint density at radius 3 is 0.406 bits per heavy atom. The molecule has 0 radical (unpaired) electrons. The Bertz CT molecular complexity index is 2640. The van der Waals surface area contributed by atoms with Crippen LogP contribution in [0.3, 0.4) is 0 Å². The van der Waals surface area contributed by atoms with Crippen LogP contribution in [-0.2, 0) is 69.0 Å². The zero-order valence-corrected chi connectivity index (χ0v) is 70.1. The average molecular weight is 1560 g/mol. The Kier molecular flexibility index (Phi) is 54.8. The van der Waals surface area contributed by atoms with Gasteiger partial charge in [0, 0.05) is 0 Å². The van der Waals surface area contributed by atoms with E-state index in [0.29, 0.717) is 0 Å². The SMILES string of the molecule is CCCCCCCCCc1ccc(OP(=O)([O-])Oc2ccc(CCCCCCCCC)cc2)cc1.CCCCCCCCCc1ccc(OP(=O)([O-])Oc2ccc(CCCCCCCCC)cc2)cc1.CCCCCCCCCc1ccc(OP(=O)([O-])Oc2ccc(CCCCCCCCC)cc2)cc1.[Co+3]. The van der Waals surface area contributed by atoms with E-state index < -0.39 is 23.5 Å². The second kappa shape index (κ2) is 60.9. The molecule has 0 atom stereocenters. The number of hydrogen-bond acceptors (Lipinski definition) is 12. The van der Waals surface area contributed by atoms with Crippen LogP contribution in [0.1, 0.15) is 345 Å². The van der Waals surface area contributed by atoms with E-state index in [4.69, 9.17) is 27.1 Å². The fourth-order valence-corrected chi connectivity index (χ4v) is 15.2. The maximum absolute atomic E-state index is 12.4. The van der Waals surface area contributed by atoms with Gasteiger partial charge in [-0.3, -0.25) is 0 Å². The maximum atomic E-state index is 12.4. The van der Waals surface area contributed by atoms with Gasteiger partial charge in [0.1, 0.15) is 34.5 Å². The first-order valence-corrected chi connectivity index (χ1v) is 46.1. The first kappa shape index (κ1) is 95.4. The van der Waals surface area contributed by atoms with E-state index in [2.05, 4.69) is 41.5 Å². The Morgan fingerprint density at radius 2 is 0.292 bits per heavy atom. The quantitative estimate of drug-likeness (QED) is 0.0261. The standard InChI is InChI=1S/3C30H47O4P.Co/c3*1-3-5-7-9-11-13-15-17-27-19-23-29(24-20-27)33-35(31,32)34-30-25-21-28(22-26-30)18-16-14-12-10-8-6-4-2;/h3*19-26H,3-18H2,1-2H3,(H,31,32);/q;;;+3/p-3. The van der Waals surface area contributed by atoms with Gasteiger partial charge in [-0.25, -0.2) is 13.7 Å². The molecule has 16 heteroatoms. The van der Waals surface area contributed by atoms with Crippen molar-refractivity contribution in [1.82, 2.24) is 0 Å². The Morgan fingerprint density at radius 1 is 0.189 bits per heavy atom. The maximum Gasteiger partial charge on any atom is 3.00 e. The summed E-state index contributed by atoms with van der Waals surface area (Å²) in [7, 11) is -13.5. The van der Waals surface area contributed by atoms with Gasteiger partial charge in [0.15, 0.2) is 0 Å². The van der Waals surface area contributed by atoms with Crippen LogP contribution in [0.4, 0.5) is 0 Å². The van der Waals surface area contributed by atoms with Crippen molar-refractivity contribution in [3.63, 3.8) is 0 Å². The topological polar surface area (TPSA) is 176 Å². The number of phosphoric acid groups is 3. The molecule has 0 amide bonds. The van der Waals surface area contributed by atoms with Crippen molar-refractivity contribution in [3.05, 3.63) is 179 Å². The molecule has 12 nitrogen and oxygen atoms in total. The van der Waals surface area contributed by atoms with Gasteiger partial charge in [-0.15, -0.1) is 0 Å². The van der Waals surface area contributed by atoms with Gasteiger partial charge >= 0.3 is 40.2 Å². The molecule has 0 saturated heterocycles. The summed E-state index contributed by atoms with van der Waals surface area (Å²) in [5.41, 5.74) is 7.19. The number of rotatable bonds is 60. The summed E-state index contributed by atoms with van der Waals surface area (Å²) in [5, 5.41) is 0. The number of aryl methyl sites for hydroxylation is 6. The minimum atomic E-state index is -4.50. The third-order valence-electron chi connectivity index (χ3n) is 19.3. The largest absolute Gasteiger partial charge is 3.00 e. The fraction of sp³-hybridized carbons (Fsp3) is 0.600. The molecule has 0 bridgehead atoms. The molecule has 106 heavy (non-hydrogen) atoms. The van der Waals surface area contributed by atoms with Gasteiger partial charge in [0.25, 0.3) is 0 Å². The molecule has 0 saturated carbocycles. The smallest absolute Gasteiger partial charge is 0.736 e. The summed E-state index contributed by atoms with van der Waals surface area (Å²) in [6.45, 7) is 13.4. The molecule has 0 aliphatic carbocycles. The van der Waals surface area contributed by atoms with E-state index in [1.807, 2.05) is 72.8 Å². The van der Waals surface area contributed by atoms with E-state index >= 15 is 0 Å². The van der Waals surface area contributed by atoms with Crippen LogP contribution in [0.2, 0.25) is 0 Å². The van der Waals surface area contributed by atoms with Crippen molar-refractivity contribution < 1.29 is 72.3 Å². The summed E-state index contributed by atoms with van der Waals surface area (Å²) in [6.07, 6.45) is 59.8. The summed E-state index contributed by atoms with van der Waals surface area (Å²) in [5.74, 6) is 1.68. The van der Waals surface area contributed by atoms with E-state index in [1.54, 1.807) is 72.8 Å². The number of benzene rings is 6. The molecular formula is C90H138CoO12P3. The van der Waals surface area contributed by atoms with Gasteiger partial charge in [-0.1, -0.05) is 345 Å². The summed E-state index contributed by atoms with van der Waals surface area (Å²) in [4.78, 5) is 37.1. The fourth-order valence-electron chi connectivity index (χ4n) is 12.8. The predicted molar refractivity (Wildman–Crippen MR) is 435 cm³/mol. The van der Waals surface area contributed by atoms with Crippen molar-refractivity contribution in [2.75, 3.05) is 0 Å². The molecule has 594 valence electrons. The second-order valence-corrected chi connectivity index (χ2v) is 32.8. The monoisotopic (exact) mass is 1560 g/mol. The molecule has 0 aliphatic rings.